The van der Waals surface area contributed by atoms with E-state index in [2.05, 4.69) is 4.74 Å². The van der Waals surface area contributed by atoms with Gasteiger partial charge in [0.05, 0.1) is 11.1 Å². The second kappa shape index (κ2) is 14.4. The van der Waals surface area contributed by atoms with Crippen molar-refractivity contribution in [2.45, 2.75) is 32.2 Å². The van der Waals surface area contributed by atoms with Gasteiger partial charge in [-0.1, -0.05) is 48.6 Å². The van der Waals surface area contributed by atoms with Gasteiger partial charge in [0.2, 0.25) is 0 Å². The van der Waals surface area contributed by atoms with Gasteiger partial charge in [-0.3, -0.25) is 0 Å². The lowest BCUT2D eigenvalue weighted by atomic mass is 9.91. The van der Waals surface area contributed by atoms with E-state index in [-0.39, 0.29) is 29.4 Å². The molecule has 0 aliphatic rings. The highest BCUT2D eigenvalue weighted by Gasteiger charge is 2.31. The fraction of sp³-hybridized carbons (Fsp3) is 0.176. The summed E-state index contributed by atoms with van der Waals surface area (Å²) in [6, 6.07) is 22.4. The number of ether oxygens (including phenoxy) is 2. The van der Waals surface area contributed by atoms with Crippen molar-refractivity contribution < 1.29 is 46.8 Å². The molecular weight excluding hydrogens is 580 g/mol. The van der Waals surface area contributed by atoms with Gasteiger partial charge in [-0.25, -0.2) is 14.0 Å². The topological polar surface area (TPSA) is 93.1 Å². The third-order valence-electron chi connectivity index (χ3n) is 6.77. The van der Waals surface area contributed by atoms with Gasteiger partial charge in [-0.15, -0.1) is 13.2 Å². The fourth-order valence-electron chi connectivity index (χ4n) is 4.49. The number of hydrogen-bond donors (Lipinski definition) is 2. The molecular formula is C34H28F4O6. The van der Waals surface area contributed by atoms with Gasteiger partial charge >= 0.3 is 18.3 Å². The number of carboxylic acid groups (broad SMARTS) is 2. The molecule has 2 N–H and O–H groups in total. The Balaban J connectivity index is 1.50. The minimum atomic E-state index is -4.79. The van der Waals surface area contributed by atoms with E-state index in [4.69, 9.17) is 9.84 Å². The van der Waals surface area contributed by atoms with Crippen LogP contribution in [-0.4, -0.2) is 28.5 Å². The quantitative estimate of drug-likeness (QED) is 0.149. The van der Waals surface area contributed by atoms with Crippen molar-refractivity contribution >= 4 is 18.0 Å². The molecule has 0 bridgehead atoms. The number of hydrogen-bond acceptors (Lipinski definition) is 4. The monoisotopic (exact) mass is 608 g/mol. The maximum Gasteiger partial charge on any atom is 0.573 e. The molecule has 4 aromatic carbocycles. The average Bonchev–Trinajstić information content (AvgIpc) is 2.98. The number of alkyl halides is 3. The number of aromatic carboxylic acids is 2. The lowest BCUT2D eigenvalue weighted by molar-refractivity contribution is -0.274. The molecule has 10 heteroatoms. The molecule has 0 saturated heterocycles. The largest absolute Gasteiger partial charge is 0.573 e. The van der Waals surface area contributed by atoms with Crippen LogP contribution in [-0.2, 0) is 19.4 Å². The Kier molecular flexibility index (Phi) is 10.4. The first-order chi connectivity index (χ1) is 20.9. The lowest BCUT2D eigenvalue weighted by Gasteiger charge is -2.15. The lowest BCUT2D eigenvalue weighted by Crippen LogP contribution is -2.17. The third kappa shape index (κ3) is 9.72. The molecule has 6 nitrogen and oxygen atoms in total. The number of carbonyl (C=O) groups is 2. The Morgan fingerprint density at radius 1 is 0.773 bits per heavy atom. The van der Waals surface area contributed by atoms with Gasteiger partial charge in [0, 0.05) is 5.56 Å². The minimum Gasteiger partial charge on any atom is -0.488 e. The normalized spacial score (nSPS) is 12.2. The zero-order chi connectivity index (χ0) is 31.7. The number of aryl methyl sites for hydroxylation is 1. The molecule has 0 radical (unpaired) electrons. The predicted molar refractivity (Wildman–Crippen MR) is 155 cm³/mol. The van der Waals surface area contributed by atoms with Crippen molar-refractivity contribution in [3.63, 3.8) is 0 Å². The van der Waals surface area contributed by atoms with E-state index in [1.165, 1.54) is 54.6 Å². The summed E-state index contributed by atoms with van der Waals surface area (Å²) in [5.74, 6) is -2.57. The molecule has 44 heavy (non-hydrogen) atoms. The number of benzene rings is 4. The number of halogens is 4. The molecule has 0 aliphatic heterocycles. The summed E-state index contributed by atoms with van der Waals surface area (Å²) in [7, 11) is 0. The van der Waals surface area contributed by atoms with Crippen LogP contribution in [0.5, 0.6) is 11.5 Å². The van der Waals surface area contributed by atoms with Gasteiger partial charge in [-0.2, -0.15) is 0 Å². The van der Waals surface area contributed by atoms with E-state index in [9.17, 15) is 32.3 Å². The van der Waals surface area contributed by atoms with Crippen molar-refractivity contribution in [1.29, 1.82) is 0 Å². The highest BCUT2D eigenvalue weighted by Crippen LogP contribution is 2.27. The molecule has 4 aromatic rings. The van der Waals surface area contributed by atoms with Crippen LogP contribution in [0.15, 0.2) is 97.1 Å². The summed E-state index contributed by atoms with van der Waals surface area (Å²) >= 11 is 0. The maximum absolute atomic E-state index is 14.2. The summed E-state index contributed by atoms with van der Waals surface area (Å²) in [5, 5.41) is 18.4. The number of rotatable bonds is 13. The standard InChI is InChI=1S/C34H28F4O6/c35-29-15-18-31(43-21-25-8-16-30(17-9-25)44-34(36,37)38)28(20-29)14-7-23(19-24-5-12-27(13-6-24)33(41)42)2-1-22-3-10-26(11-4-22)32(39)40/h3-18,20,23H,1-2,19,21H2,(H,39,40)(H,41,42)/b14-7+. The van der Waals surface area contributed by atoms with Crippen LogP contribution in [0, 0.1) is 11.7 Å². The van der Waals surface area contributed by atoms with E-state index in [1.54, 1.807) is 42.5 Å². The van der Waals surface area contributed by atoms with E-state index >= 15 is 0 Å². The van der Waals surface area contributed by atoms with Crippen molar-refractivity contribution in [1.82, 2.24) is 0 Å². The Labute approximate surface area is 250 Å². The Morgan fingerprint density at radius 2 is 1.34 bits per heavy atom. The van der Waals surface area contributed by atoms with E-state index in [1.807, 2.05) is 6.08 Å². The van der Waals surface area contributed by atoms with Crippen LogP contribution in [0.25, 0.3) is 6.08 Å². The summed E-state index contributed by atoms with van der Waals surface area (Å²) in [6.45, 7) is 0.0183. The van der Waals surface area contributed by atoms with Crippen molar-refractivity contribution in [2.24, 2.45) is 5.92 Å². The summed E-state index contributed by atoms with van der Waals surface area (Å²) in [6.07, 6.45) is 0.702. The van der Waals surface area contributed by atoms with Crippen LogP contribution in [0.4, 0.5) is 17.6 Å². The summed E-state index contributed by atoms with van der Waals surface area (Å²) in [5.41, 5.74) is 3.24. The molecule has 0 spiro atoms. The second-order valence-electron chi connectivity index (χ2n) is 10.0. The Bertz CT molecular complexity index is 1600. The molecule has 0 aromatic heterocycles. The molecule has 228 valence electrons. The van der Waals surface area contributed by atoms with Crippen LogP contribution >= 0.6 is 0 Å². The highest BCUT2D eigenvalue weighted by molar-refractivity contribution is 5.88. The SMILES string of the molecule is O=C(O)c1ccc(CCC(/C=C/c2cc(F)ccc2OCc2ccc(OC(F)(F)F)cc2)Cc2ccc(C(=O)O)cc2)cc1. The van der Waals surface area contributed by atoms with Crippen molar-refractivity contribution in [2.75, 3.05) is 0 Å². The molecule has 0 amide bonds. The van der Waals surface area contributed by atoms with Crippen LogP contribution in [0.1, 0.15) is 49.4 Å². The molecule has 0 aliphatic carbocycles. The molecule has 1 unspecified atom stereocenters. The fourth-order valence-corrected chi connectivity index (χ4v) is 4.49. The van der Waals surface area contributed by atoms with Gasteiger partial charge in [0.1, 0.15) is 23.9 Å². The summed E-state index contributed by atoms with van der Waals surface area (Å²) < 4.78 is 61.3. The third-order valence-corrected chi connectivity index (χ3v) is 6.77. The van der Waals surface area contributed by atoms with Gasteiger partial charge in [0.25, 0.3) is 0 Å². The van der Waals surface area contributed by atoms with E-state index in [0.29, 0.717) is 36.1 Å². The average molecular weight is 609 g/mol. The van der Waals surface area contributed by atoms with Crippen molar-refractivity contribution in [3.8, 4) is 11.5 Å². The van der Waals surface area contributed by atoms with Crippen LogP contribution in [0.3, 0.4) is 0 Å². The maximum atomic E-state index is 14.2. The zero-order valence-electron chi connectivity index (χ0n) is 23.3. The van der Waals surface area contributed by atoms with Gasteiger partial charge < -0.3 is 19.7 Å². The predicted octanol–water partition coefficient (Wildman–Crippen LogP) is 8.20. The highest BCUT2D eigenvalue weighted by atomic mass is 19.4. The summed E-state index contributed by atoms with van der Waals surface area (Å²) in [4.78, 5) is 22.4. The Hall–Kier alpha value is -5.12. The molecule has 0 heterocycles. The van der Waals surface area contributed by atoms with E-state index in [0.717, 1.165) is 11.1 Å². The van der Waals surface area contributed by atoms with Gasteiger partial charge in [-0.05, 0) is 96.5 Å². The zero-order valence-corrected chi connectivity index (χ0v) is 23.3. The first-order valence-electron chi connectivity index (χ1n) is 13.5. The van der Waals surface area contributed by atoms with E-state index < -0.39 is 24.1 Å². The Morgan fingerprint density at radius 3 is 1.91 bits per heavy atom. The molecule has 0 saturated carbocycles. The first kappa shape index (κ1) is 31.8. The molecule has 1 atom stereocenters. The minimum absolute atomic E-state index is 0.0183. The van der Waals surface area contributed by atoms with Crippen LogP contribution in [0.2, 0.25) is 0 Å². The van der Waals surface area contributed by atoms with Crippen LogP contribution < -0.4 is 9.47 Å². The number of carboxylic acids is 2. The van der Waals surface area contributed by atoms with Crippen molar-refractivity contribution in [3.05, 3.63) is 136 Å². The molecule has 4 rings (SSSR count). The number of allylic oxidation sites excluding steroid dienone is 1. The second-order valence-corrected chi connectivity index (χ2v) is 10.0. The smallest absolute Gasteiger partial charge is 0.488 e. The first-order valence-corrected chi connectivity index (χ1v) is 13.5. The molecule has 0 fully saturated rings. The van der Waals surface area contributed by atoms with Gasteiger partial charge in [0.15, 0.2) is 0 Å².